The maximum absolute atomic E-state index is 6.64. The SMILES string of the molecule is CCCCCCCCCCCCOc1cc(COc2ccc(-c3ccc(-c4nc(N)nc(N)n4)s3)cc2)cc(OCCCCCCCCCCCC)c1OCCCCCCCCCCCC. The van der Waals surface area contributed by atoms with Crippen LogP contribution in [0.3, 0.4) is 0 Å². The summed E-state index contributed by atoms with van der Waals surface area (Å²) in [6, 6.07) is 16.4. The Morgan fingerprint density at radius 1 is 0.409 bits per heavy atom. The minimum absolute atomic E-state index is 0.112. The van der Waals surface area contributed by atoms with Gasteiger partial charge in [0, 0.05) is 4.88 Å². The molecule has 0 spiro atoms. The average Bonchev–Trinajstić information content (AvgIpc) is 3.82. The number of anilines is 2. The lowest BCUT2D eigenvalue weighted by atomic mass is 10.1. The van der Waals surface area contributed by atoms with Crippen LogP contribution in [0, 0.1) is 0 Å². The first kappa shape index (κ1) is 54.6. The van der Waals surface area contributed by atoms with Crippen LogP contribution in [0.5, 0.6) is 23.0 Å². The largest absolute Gasteiger partial charge is 0.490 e. The zero-order chi connectivity index (χ0) is 46.7. The molecule has 0 atom stereocenters. The van der Waals surface area contributed by atoms with E-state index in [1.54, 1.807) is 11.3 Å². The zero-order valence-electron chi connectivity index (χ0n) is 41.7. The van der Waals surface area contributed by atoms with Crippen molar-refractivity contribution in [3.8, 4) is 44.1 Å². The molecule has 0 saturated carbocycles. The summed E-state index contributed by atoms with van der Waals surface area (Å²) < 4.78 is 26.3. The van der Waals surface area contributed by atoms with Gasteiger partial charge in [0.15, 0.2) is 17.3 Å². The first-order valence-electron chi connectivity index (χ1n) is 26.7. The lowest BCUT2D eigenvalue weighted by Crippen LogP contribution is -2.08. The second-order valence-corrected chi connectivity index (χ2v) is 19.4. The number of aromatic nitrogens is 3. The van der Waals surface area contributed by atoms with Crippen LogP contribution >= 0.6 is 11.3 Å². The summed E-state index contributed by atoms with van der Waals surface area (Å²) in [4.78, 5) is 14.4. The van der Waals surface area contributed by atoms with Gasteiger partial charge in [0.2, 0.25) is 17.6 Å². The number of nitrogens with two attached hydrogens (primary N) is 2. The van der Waals surface area contributed by atoms with Crippen molar-refractivity contribution >= 4 is 23.2 Å². The number of hydrogen-bond acceptors (Lipinski definition) is 10. The number of unbranched alkanes of at least 4 members (excludes halogenated alkanes) is 27. The summed E-state index contributed by atoms with van der Waals surface area (Å²) in [6.07, 6.45) is 38.7. The molecular weight excluding hydrogens is 839 g/mol. The fourth-order valence-electron chi connectivity index (χ4n) is 8.39. The topological polar surface area (TPSA) is 128 Å². The van der Waals surface area contributed by atoms with E-state index in [1.165, 1.54) is 173 Å². The van der Waals surface area contributed by atoms with Crippen LogP contribution < -0.4 is 30.4 Å². The predicted molar refractivity (Wildman–Crippen MR) is 280 cm³/mol. The van der Waals surface area contributed by atoms with Crippen LogP contribution in [0.15, 0.2) is 48.5 Å². The summed E-state index contributed by atoms with van der Waals surface area (Å²) in [5.41, 5.74) is 13.7. The summed E-state index contributed by atoms with van der Waals surface area (Å²) in [5.74, 6) is 3.77. The molecule has 0 aliphatic heterocycles. The number of nitrogens with zero attached hydrogens (tertiary/aromatic N) is 3. The summed E-state index contributed by atoms with van der Waals surface area (Å²) in [5, 5.41) is 0. The van der Waals surface area contributed by atoms with Crippen molar-refractivity contribution in [1.82, 2.24) is 15.0 Å². The maximum atomic E-state index is 6.64. The highest BCUT2D eigenvalue weighted by Crippen LogP contribution is 2.40. The van der Waals surface area contributed by atoms with E-state index in [-0.39, 0.29) is 11.9 Å². The highest BCUT2D eigenvalue weighted by molar-refractivity contribution is 7.18. The number of ether oxygens (including phenoxy) is 4. The third-order valence-corrected chi connectivity index (χ3v) is 13.5. The minimum Gasteiger partial charge on any atom is -0.490 e. The average molecular weight is 928 g/mol. The van der Waals surface area contributed by atoms with Crippen LogP contribution in [-0.4, -0.2) is 34.8 Å². The molecule has 2 aromatic heterocycles. The lowest BCUT2D eigenvalue weighted by molar-refractivity contribution is 0.232. The fraction of sp³-hybridized carbons (Fsp3) is 0.661. The zero-order valence-corrected chi connectivity index (χ0v) is 42.5. The lowest BCUT2D eigenvalue weighted by Gasteiger charge is -2.19. The summed E-state index contributed by atoms with van der Waals surface area (Å²) in [7, 11) is 0. The Bertz CT molecular complexity index is 1750. The molecule has 4 rings (SSSR count). The number of thiophene rings is 1. The number of benzene rings is 2. The van der Waals surface area contributed by atoms with E-state index in [9.17, 15) is 0 Å². The molecule has 0 radical (unpaired) electrons. The quantitative estimate of drug-likeness (QED) is 0.0418. The molecule has 0 aliphatic rings. The van der Waals surface area contributed by atoms with Gasteiger partial charge in [0.05, 0.1) is 24.7 Å². The van der Waals surface area contributed by atoms with Crippen LogP contribution in [0.25, 0.3) is 21.1 Å². The Labute approximate surface area is 405 Å². The predicted octanol–water partition coefficient (Wildman–Crippen LogP) is 16.9. The summed E-state index contributed by atoms with van der Waals surface area (Å²) >= 11 is 1.58. The molecule has 10 heteroatoms. The molecule has 2 aromatic carbocycles. The molecular formula is C56H89N5O4S. The van der Waals surface area contributed by atoms with E-state index in [4.69, 9.17) is 30.4 Å². The van der Waals surface area contributed by atoms with Gasteiger partial charge in [0.25, 0.3) is 0 Å². The van der Waals surface area contributed by atoms with E-state index in [0.717, 1.165) is 63.1 Å². The summed E-state index contributed by atoms with van der Waals surface area (Å²) in [6.45, 7) is 9.21. The van der Waals surface area contributed by atoms with Gasteiger partial charge in [-0.25, -0.2) is 0 Å². The fourth-order valence-corrected chi connectivity index (χ4v) is 9.34. The molecule has 4 N–H and O–H groups in total. The Morgan fingerprint density at radius 3 is 1.21 bits per heavy atom. The van der Waals surface area contributed by atoms with Crippen molar-refractivity contribution in [2.75, 3.05) is 31.3 Å². The molecule has 9 nitrogen and oxygen atoms in total. The van der Waals surface area contributed by atoms with Crippen LogP contribution in [-0.2, 0) is 6.61 Å². The van der Waals surface area contributed by atoms with E-state index >= 15 is 0 Å². The number of nitrogen functional groups attached to an aromatic ring is 2. The smallest absolute Gasteiger partial charge is 0.225 e. The molecule has 368 valence electrons. The highest BCUT2D eigenvalue weighted by Gasteiger charge is 2.17. The molecule has 2 heterocycles. The number of rotatable bonds is 41. The Hall–Kier alpha value is -4.05. The van der Waals surface area contributed by atoms with Crippen molar-refractivity contribution in [1.29, 1.82) is 0 Å². The molecule has 0 fully saturated rings. The van der Waals surface area contributed by atoms with E-state index in [0.29, 0.717) is 32.3 Å². The first-order valence-corrected chi connectivity index (χ1v) is 27.5. The Kier molecular flexibility index (Phi) is 29.0. The molecule has 0 amide bonds. The molecule has 0 bridgehead atoms. The van der Waals surface area contributed by atoms with Crippen molar-refractivity contribution in [2.24, 2.45) is 0 Å². The van der Waals surface area contributed by atoms with Crippen molar-refractivity contribution in [2.45, 2.75) is 220 Å². The van der Waals surface area contributed by atoms with Crippen LogP contribution in [0.4, 0.5) is 11.9 Å². The standard InChI is InChI=1S/C56H89N5O4S/c1-4-7-10-13-16-19-22-25-28-31-40-62-49-43-46(45-65-48-36-34-47(35-37-48)51-38-39-52(66-51)54-59-55(57)61-56(58)60-54)44-50(63-41-32-29-26-23-20-17-14-11-8-5-2)53(49)64-42-33-30-27-24-21-18-15-12-9-6-3/h34-39,43-44H,4-33,40-42,45H2,1-3H3,(H4,57,58,59,60,61). The van der Waals surface area contributed by atoms with E-state index < -0.39 is 0 Å². The van der Waals surface area contributed by atoms with Gasteiger partial charge in [-0.2, -0.15) is 15.0 Å². The Morgan fingerprint density at radius 2 is 0.788 bits per heavy atom. The van der Waals surface area contributed by atoms with E-state index in [2.05, 4.69) is 66.1 Å². The molecule has 4 aromatic rings. The molecule has 66 heavy (non-hydrogen) atoms. The van der Waals surface area contributed by atoms with E-state index in [1.807, 2.05) is 18.2 Å². The number of hydrogen-bond donors (Lipinski definition) is 2. The van der Waals surface area contributed by atoms with Gasteiger partial charge in [-0.1, -0.05) is 194 Å². The second kappa shape index (κ2) is 35.1. The van der Waals surface area contributed by atoms with Crippen molar-refractivity contribution < 1.29 is 18.9 Å². The normalized spacial score (nSPS) is 11.3. The monoisotopic (exact) mass is 928 g/mol. The van der Waals surface area contributed by atoms with Crippen LogP contribution in [0.2, 0.25) is 0 Å². The van der Waals surface area contributed by atoms with Crippen molar-refractivity contribution in [3.05, 3.63) is 54.1 Å². The maximum Gasteiger partial charge on any atom is 0.225 e. The van der Waals surface area contributed by atoms with Crippen molar-refractivity contribution in [3.63, 3.8) is 0 Å². The van der Waals surface area contributed by atoms with Gasteiger partial charge >= 0.3 is 0 Å². The molecule has 0 aliphatic carbocycles. The van der Waals surface area contributed by atoms with Gasteiger partial charge in [-0.15, -0.1) is 11.3 Å². The van der Waals surface area contributed by atoms with Gasteiger partial charge in [0.1, 0.15) is 12.4 Å². The first-order chi connectivity index (χ1) is 32.5. The molecule has 0 saturated heterocycles. The second-order valence-electron chi connectivity index (χ2n) is 18.4. The molecule has 0 unspecified atom stereocenters. The van der Waals surface area contributed by atoms with Crippen LogP contribution in [0.1, 0.15) is 219 Å². The van der Waals surface area contributed by atoms with Gasteiger partial charge in [-0.05, 0) is 78.9 Å². The highest BCUT2D eigenvalue weighted by atomic mass is 32.1. The third-order valence-electron chi connectivity index (χ3n) is 12.4. The Balaban J connectivity index is 1.40. The van der Waals surface area contributed by atoms with Gasteiger partial charge in [-0.3, -0.25) is 0 Å². The third kappa shape index (κ3) is 23.1. The van der Waals surface area contributed by atoms with Gasteiger partial charge < -0.3 is 30.4 Å². The minimum atomic E-state index is 0.112.